The Kier molecular flexibility index (Phi) is 78.8. The summed E-state index contributed by atoms with van der Waals surface area (Å²) in [5, 5.41) is 23.3. The Morgan fingerprint density at radius 3 is 0.870 bits per heavy atom. The Morgan fingerprint density at radius 1 is 0.304 bits per heavy atom. The van der Waals surface area contributed by atoms with Gasteiger partial charge in [-0.3, -0.25) is 9.59 Å². The summed E-state index contributed by atoms with van der Waals surface area (Å²) in [7, 11) is 0. The second-order valence-electron chi connectivity index (χ2n) is 28.4. The summed E-state index contributed by atoms with van der Waals surface area (Å²) >= 11 is 0. The average molecular weight is 1290 g/mol. The lowest BCUT2D eigenvalue weighted by Crippen LogP contribution is -2.45. The Morgan fingerprint density at radius 2 is 0.565 bits per heavy atom. The van der Waals surface area contributed by atoms with Gasteiger partial charge in [0.05, 0.1) is 25.4 Å². The first-order valence-electron chi connectivity index (χ1n) is 41.6. The molecule has 6 nitrogen and oxygen atoms in total. The smallest absolute Gasteiger partial charge is 0.305 e. The zero-order valence-corrected chi connectivity index (χ0v) is 62.0. The van der Waals surface area contributed by atoms with E-state index >= 15 is 0 Å². The van der Waals surface area contributed by atoms with Gasteiger partial charge in [-0.1, -0.05) is 408 Å². The number of unbranched alkanes of at least 4 members (excludes halogenated alkanes) is 59. The summed E-state index contributed by atoms with van der Waals surface area (Å²) < 4.78 is 5.48. The summed E-state index contributed by atoms with van der Waals surface area (Å²) in [6.07, 6.45) is 109. The molecule has 6 heteroatoms. The van der Waals surface area contributed by atoms with Crippen LogP contribution in [0.3, 0.4) is 0 Å². The van der Waals surface area contributed by atoms with Gasteiger partial charge in [0, 0.05) is 12.8 Å². The number of carbonyl (C=O) groups is 2. The molecular weight excluding hydrogens is 1130 g/mol. The summed E-state index contributed by atoms with van der Waals surface area (Å²) in [5.74, 6) is -0.0555. The lowest BCUT2D eigenvalue weighted by atomic mass is 10.0. The van der Waals surface area contributed by atoms with E-state index in [-0.39, 0.29) is 18.5 Å². The number of allylic oxidation sites excluding steroid dienone is 9. The van der Waals surface area contributed by atoms with E-state index in [9.17, 15) is 19.8 Å². The number of hydrogen-bond acceptors (Lipinski definition) is 5. The fourth-order valence-electron chi connectivity index (χ4n) is 12.9. The van der Waals surface area contributed by atoms with Gasteiger partial charge in [-0.2, -0.15) is 0 Å². The predicted octanol–water partition coefficient (Wildman–Crippen LogP) is 27.7. The minimum atomic E-state index is -0.845. The van der Waals surface area contributed by atoms with Crippen molar-refractivity contribution in [3.8, 4) is 0 Å². The molecule has 0 bridgehead atoms. The average Bonchev–Trinajstić information content (AvgIpc) is 3.48. The van der Waals surface area contributed by atoms with Gasteiger partial charge in [0.1, 0.15) is 0 Å². The molecule has 0 aliphatic heterocycles. The molecule has 0 heterocycles. The quantitative estimate of drug-likeness (QED) is 0.0320. The number of hydrogen-bond donors (Lipinski definition) is 3. The van der Waals surface area contributed by atoms with E-state index in [0.29, 0.717) is 19.4 Å². The number of nitrogens with one attached hydrogen (secondary N) is 1. The van der Waals surface area contributed by atoms with Crippen LogP contribution >= 0.6 is 0 Å². The van der Waals surface area contributed by atoms with Crippen LogP contribution in [-0.2, 0) is 14.3 Å². The molecule has 0 aromatic rings. The monoisotopic (exact) mass is 1290 g/mol. The van der Waals surface area contributed by atoms with Gasteiger partial charge in [0.2, 0.25) is 5.91 Å². The highest BCUT2D eigenvalue weighted by Crippen LogP contribution is 2.20. The molecule has 0 aliphatic carbocycles. The van der Waals surface area contributed by atoms with Crippen LogP contribution in [0.2, 0.25) is 0 Å². The molecule has 0 saturated heterocycles. The highest BCUT2D eigenvalue weighted by molar-refractivity contribution is 5.76. The molecule has 0 aromatic carbocycles. The van der Waals surface area contributed by atoms with Crippen molar-refractivity contribution in [2.75, 3.05) is 13.2 Å². The maximum Gasteiger partial charge on any atom is 0.305 e. The highest BCUT2D eigenvalue weighted by Gasteiger charge is 2.18. The molecule has 0 saturated carbocycles. The molecule has 3 N–H and O–H groups in total. The second-order valence-corrected chi connectivity index (χ2v) is 28.4. The van der Waals surface area contributed by atoms with Crippen molar-refractivity contribution in [3.05, 3.63) is 60.8 Å². The Balaban J connectivity index is 3.38. The lowest BCUT2D eigenvalue weighted by Gasteiger charge is -2.20. The number of aliphatic hydroxyl groups is 2. The molecule has 0 radical (unpaired) electrons. The zero-order chi connectivity index (χ0) is 66.3. The molecule has 92 heavy (non-hydrogen) atoms. The number of amides is 1. The lowest BCUT2D eigenvalue weighted by molar-refractivity contribution is -0.143. The molecule has 2 atom stereocenters. The van der Waals surface area contributed by atoms with Crippen LogP contribution in [0.25, 0.3) is 0 Å². The van der Waals surface area contributed by atoms with Crippen LogP contribution in [0.4, 0.5) is 0 Å². The molecular formula is C86H161NO5. The van der Waals surface area contributed by atoms with Crippen LogP contribution in [0, 0.1) is 0 Å². The van der Waals surface area contributed by atoms with Gasteiger partial charge >= 0.3 is 5.97 Å². The highest BCUT2D eigenvalue weighted by atomic mass is 16.5. The normalized spacial score (nSPS) is 12.8. The van der Waals surface area contributed by atoms with Gasteiger partial charge in [-0.25, -0.2) is 0 Å². The summed E-state index contributed by atoms with van der Waals surface area (Å²) in [5.41, 5.74) is 0. The van der Waals surface area contributed by atoms with Crippen LogP contribution < -0.4 is 5.32 Å². The molecule has 0 spiro atoms. The first-order chi connectivity index (χ1) is 45.5. The van der Waals surface area contributed by atoms with E-state index in [1.54, 1.807) is 6.08 Å². The third-order valence-electron chi connectivity index (χ3n) is 19.2. The molecule has 1 amide bonds. The summed E-state index contributed by atoms with van der Waals surface area (Å²) in [6.45, 7) is 4.88. The second kappa shape index (κ2) is 81.0. The van der Waals surface area contributed by atoms with Crippen molar-refractivity contribution >= 4 is 11.9 Å². The minimum Gasteiger partial charge on any atom is -0.466 e. The van der Waals surface area contributed by atoms with Crippen molar-refractivity contribution in [2.45, 2.75) is 463 Å². The van der Waals surface area contributed by atoms with E-state index in [4.69, 9.17) is 4.74 Å². The van der Waals surface area contributed by atoms with Crippen LogP contribution in [-0.4, -0.2) is 47.4 Å². The molecule has 2 unspecified atom stereocenters. The van der Waals surface area contributed by atoms with Crippen molar-refractivity contribution in [1.29, 1.82) is 0 Å². The summed E-state index contributed by atoms with van der Waals surface area (Å²) in [4.78, 5) is 24.6. The Hall–Kier alpha value is -2.44. The van der Waals surface area contributed by atoms with Crippen molar-refractivity contribution in [3.63, 3.8) is 0 Å². The Bertz CT molecular complexity index is 1580. The van der Waals surface area contributed by atoms with Crippen molar-refractivity contribution < 1.29 is 24.5 Å². The van der Waals surface area contributed by atoms with E-state index in [2.05, 4.69) is 67.8 Å². The fourth-order valence-corrected chi connectivity index (χ4v) is 12.9. The number of ether oxygens (including phenoxy) is 1. The van der Waals surface area contributed by atoms with E-state index in [0.717, 1.165) is 57.8 Å². The number of carbonyl (C=O) groups excluding carboxylic acids is 2. The van der Waals surface area contributed by atoms with Gasteiger partial charge in [-0.05, 0) is 89.9 Å². The first-order valence-corrected chi connectivity index (χ1v) is 41.6. The molecule has 0 aromatic heterocycles. The predicted molar refractivity (Wildman–Crippen MR) is 407 cm³/mol. The molecule has 540 valence electrons. The molecule has 0 aliphatic rings. The Labute approximate surface area is 575 Å². The standard InChI is InChI=1S/C86H161NO5/c1-3-5-7-9-11-13-15-17-18-19-20-21-39-42-45-48-51-55-58-62-66-70-74-78-84(89)83(82-88)87-85(90)79-75-71-67-63-59-56-52-49-46-43-40-37-35-33-31-29-27-25-23-22-24-26-28-30-32-34-36-38-41-44-47-50-53-57-61-65-69-73-77-81-92-86(91)80-76-72-68-64-60-54-16-14-12-10-8-6-4-2/h8,10,14,16,22-23,26,28,74,78,83-84,88-89H,3-7,9,11-13,15,17-21,24-25,27,29-73,75-77,79-82H2,1-2H3,(H,87,90)/b10-8-,16-14-,23-22-,28-26-,78-74+. The van der Waals surface area contributed by atoms with Crippen LogP contribution in [0.5, 0.6) is 0 Å². The maximum atomic E-state index is 12.6. The number of aliphatic hydroxyl groups excluding tert-OH is 2. The molecule has 0 fully saturated rings. The van der Waals surface area contributed by atoms with Gasteiger partial charge in [0.25, 0.3) is 0 Å². The third-order valence-corrected chi connectivity index (χ3v) is 19.2. The first kappa shape index (κ1) is 89.6. The SMILES string of the molecule is CCC/C=C\C/C=C\CCCCCCCC(=O)OCCCCCCCCCCCCCCCCC/C=C\C/C=C\CCCCCCCCCCCCCCCCCCCC(=O)NC(CO)C(O)/C=C/CCCCCCCCCCCCCCCCCCCCCCC. The largest absolute Gasteiger partial charge is 0.466 e. The summed E-state index contributed by atoms with van der Waals surface area (Å²) in [6, 6.07) is -0.628. The number of esters is 1. The number of rotatable bonds is 78. The molecule has 0 rings (SSSR count). The van der Waals surface area contributed by atoms with E-state index in [1.807, 2.05) is 6.08 Å². The van der Waals surface area contributed by atoms with E-state index in [1.165, 1.54) is 366 Å². The van der Waals surface area contributed by atoms with Gasteiger partial charge in [0.15, 0.2) is 0 Å². The van der Waals surface area contributed by atoms with Gasteiger partial charge in [-0.15, -0.1) is 0 Å². The van der Waals surface area contributed by atoms with Crippen molar-refractivity contribution in [1.82, 2.24) is 5.32 Å². The van der Waals surface area contributed by atoms with Gasteiger partial charge < -0.3 is 20.3 Å². The maximum absolute atomic E-state index is 12.6. The van der Waals surface area contributed by atoms with E-state index < -0.39 is 12.1 Å². The fraction of sp³-hybridized carbons (Fsp3) is 0.860. The van der Waals surface area contributed by atoms with Crippen molar-refractivity contribution in [2.24, 2.45) is 0 Å². The minimum absolute atomic E-state index is 0.00489. The third kappa shape index (κ3) is 76.6. The van der Waals surface area contributed by atoms with Crippen LogP contribution in [0.1, 0.15) is 450 Å². The van der Waals surface area contributed by atoms with Crippen LogP contribution in [0.15, 0.2) is 60.8 Å². The zero-order valence-electron chi connectivity index (χ0n) is 62.0. The topological polar surface area (TPSA) is 95.9 Å².